The number of piperidine rings is 1. The van der Waals surface area contributed by atoms with E-state index in [-0.39, 0.29) is 61.7 Å². The SMILES string of the molecule is CO[C@H]1/C=C\O[C@@]2(C)Oc3c(C)c(O)c4c(O)c(c5c(c4c3C2=O)=NC2(C[C@@H](c3ccccc3)N[C@@H](c3ccccc3)C2)N=5)NC(=O)/C(C)=C/C=C\[C@H](C)[C@H](O)[C@@H](C)[C@H](O)[C@H](C)[C@H](OC(C)=O)[C@@H]1C. The number of anilines is 1. The fourth-order valence-electron chi connectivity index (χ4n) is 10.4. The molecule has 69 heavy (non-hydrogen) atoms. The lowest BCUT2D eigenvalue weighted by Crippen LogP contribution is -2.46. The molecule has 4 bridgehead atoms. The number of carbonyl (C=O) groups is 3. The number of ether oxygens (including phenoxy) is 4. The van der Waals surface area contributed by atoms with Gasteiger partial charge in [0, 0.05) is 86.1 Å². The van der Waals surface area contributed by atoms with E-state index in [0.717, 1.165) is 11.1 Å². The fourth-order valence-corrected chi connectivity index (χ4v) is 10.4. The van der Waals surface area contributed by atoms with E-state index in [1.807, 2.05) is 60.7 Å². The molecule has 15 heteroatoms. The largest absolute Gasteiger partial charge is 0.507 e. The Hall–Kier alpha value is -6.39. The number of fused-ring (bicyclic) bond motifs is 1. The quantitative estimate of drug-likeness (QED) is 0.0914. The molecule has 4 aliphatic heterocycles. The van der Waals surface area contributed by atoms with Gasteiger partial charge in [0.2, 0.25) is 0 Å². The molecule has 12 atom stereocenters. The van der Waals surface area contributed by atoms with Crippen molar-refractivity contribution in [3.63, 3.8) is 0 Å². The number of esters is 1. The highest BCUT2D eigenvalue weighted by Crippen LogP contribution is 2.51. The molecular formula is C54H62N4O11. The zero-order chi connectivity index (χ0) is 49.7. The van der Waals surface area contributed by atoms with Crippen molar-refractivity contribution in [2.24, 2.45) is 33.7 Å². The second kappa shape index (κ2) is 19.2. The summed E-state index contributed by atoms with van der Waals surface area (Å²) >= 11 is 0. The maximum atomic E-state index is 15.0. The number of aromatic hydroxyl groups is 2. The summed E-state index contributed by atoms with van der Waals surface area (Å²) in [6, 6.07) is 19.4. The lowest BCUT2D eigenvalue weighted by Gasteiger charge is -2.40. The third-order valence-corrected chi connectivity index (χ3v) is 14.5. The maximum Gasteiger partial charge on any atom is 0.312 e. The molecule has 1 amide bonds. The van der Waals surface area contributed by atoms with Crippen LogP contribution in [0.1, 0.15) is 100 Å². The zero-order valence-electron chi connectivity index (χ0n) is 40.4. The molecule has 0 saturated carbocycles. The van der Waals surface area contributed by atoms with Gasteiger partial charge < -0.3 is 50.0 Å². The normalized spacial score (nSPS) is 33.3. The number of phenols is 2. The van der Waals surface area contributed by atoms with Crippen LogP contribution in [-0.4, -0.2) is 81.1 Å². The second-order valence-electron chi connectivity index (χ2n) is 19.3. The van der Waals surface area contributed by atoms with Crippen molar-refractivity contribution in [2.45, 2.75) is 116 Å². The molecule has 4 heterocycles. The van der Waals surface area contributed by atoms with Gasteiger partial charge in [-0.05, 0) is 31.1 Å². The van der Waals surface area contributed by atoms with Crippen molar-refractivity contribution >= 4 is 34.1 Å². The molecule has 1 fully saturated rings. The van der Waals surface area contributed by atoms with Crippen LogP contribution >= 0.6 is 0 Å². The maximum absolute atomic E-state index is 15.0. The van der Waals surface area contributed by atoms with E-state index in [4.69, 9.17) is 28.9 Å². The number of aliphatic hydroxyl groups excluding tert-OH is 2. The van der Waals surface area contributed by atoms with Gasteiger partial charge in [0.1, 0.15) is 28.6 Å². The molecule has 4 aromatic carbocycles. The molecule has 15 nitrogen and oxygen atoms in total. The fraction of sp³-hybridized carbons (Fsp3) is 0.426. The molecule has 8 rings (SSSR count). The van der Waals surface area contributed by atoms with Crippen molar-refractivity contribution in [1.82, 2.24) is 5.32 Å². The third-order valence-electron chi connectivity index (χ3n) is 14.5. The molecule has 6 N–H and O–H groups in total. The number of phenolic OH excluding ortho intramolecular Hbond substituents is 2. The van der Waals surface area contributed by atoms with E-state index in [9.17, 15) is 30.0 Å². The Morgan fingerprint density at radius 2 is 1.42 bits per heavy atom. The summed E-state index contributed by atoms with van der Waals surface area (Å²) in [6.07, 6.45) is 4.58. The summed E-state index contributed by atoms with van der Waals surface area (Å²) in [4.78, 5) is 52.5. The van der Waals surface area contributed by atoms with Gasteiger partial charge in [0.05, 0.1) is 40.9 Å². The first-order valence-electron chi connectivity index (χ1n) is 23.5. The minimum absolute atomic E-state index is 0.000251. The van der Waals surface area contributed by atoms with Crippen molar-refractivity contribution in [2.75, 3.05) is 12.4 Å². The Morgan fingerprint density at radius 1 is 0.812 bits per heavy atom. The molecule has 364 valence electrons. The van der Waals surface area contributed by atoms with Crippen molar-refractivity contribution in [3.8, 4) is 17.2 Å². The van der Waals surface area contributed by atoms with E-state index < -0.39 is 88.7 Å². The molecular weight excluding hydrogens is 881 g/mol. The number of carbonyl (C=O) groups excluding carboxylic acids is 3. The Bertz CT molecular complexity index is 2840. The Morgan fingerprint density at radius 3 is 2.01 bits per heavy atom. The number of hydrogen-bond donors (Lipinski definition) is 6. The summed E-state index contributed by atoms with van der Waals surface area (Å²) in [6.45, 7) is 12.9. The second-order valence-corrected chi connectivity index (χ2v) is 19.3. The van der Waals surface area contributed by atoms with E-state index in [1.165, 1.54) is 27.2 Å². The molecule has 1 saturated heterocycles. The van der Waals surface area contributed by atoms with Crippen LogP contribution in [0.5, 0.6) is 17.2 Å². The summed E-state index contributed by atoms with van der Waals surface area (Å²) in [5, 5.41) is 54.6. The number of Topliss-reactive ketones (excluding diaryl/α,β-unsaturated/α-hetero) is 1. The van der Waals surface area contributed by atoms with Crippen LogP contribution in [0.3, 0.4) is 0 Å². The van der Waals surface area contributed by atoms with Crippen LogP contribution < -0.4 is 26.1 Å². The van der Waals surface area contributed by atoms with E-state index >= 15 is 4.79 Å². The number of methoxy groups -OCH3 is 1. The Kier molecular flexibility index (Phi) is 13.6. The first-order valence-corrected chi connectivity index (χ1v) is 23.5. The highest BCUT2D eigenvalue weighted by Gasteiger charge is 2.51. The number of allylic oxidation sites excluding steroid dienone is 2. The predicted octanol–water partition coefficient (Wildman–Crippen LogP) is 6.86. The van der Waals surface area contributed by atoms with Crippen molar-refractivity contribution in [1.29, 1.82) is 0 Å². The number of aliphatic hydroxyl groups is 2. The van der Waals surface area contributed by atoms with Crippen molar-refractivity contribution < 1.29 is 53.8 Å². The standard InChI is InChI=1S/C54H62N4O11/c1-27-17-16-18-28(2)52(65)56-44-43-42(57-54(58-43)25-36(34-19-12-10-13-20-34)55-37(26-54)35-21-14-11-15-22-35)39-40(48(44)63)47(62)32(6)50-41(39)51(64)53(8,69-50)67-24-23-38(66-9)29(3)49(68-33(7)59)31(5)46(61)30(4)45(27)60/h10-24,27,29-31,36-38,45-46,49,55,60-63H,25-26H2,1-9H3,(H,56,65)/b17-16-,24-23-,28-18+/t27-,29+,30+,31-,36-,37+,38-,45-,46-,49+,53-,54?/m0/s1. The van der Waals surface area contributed by atoms with Gasteiger partial charge in [0.25, 0.3) is 11.7 Å². The lowest BCUT2D eigenvalue weighted by atomic mass is 9.78. The van der Waals surface area contributed by atoms with E-state index in [1.54, 1.807) is 65.8 Å². The molecule has 4 aromatic rings. The average molecular weight is 943 g/mol. The number of nitrogens with zero attached hydrogens (tertiary/aromatic N) is 2. The van der Waals surface area contributed by atoms with Crippen molar-refractivity contribution in [3.05, 3.63) is 130 Å². The minimum atomic E-state index is -2.01. The number of benzene rings is 4. The van der Waals surface area contributed by atoms with Crippen LogP contribution in [0.15, 0.2) is 107 Å². The molecule has 1 unspecified atom stereocenters. The molecule has 0 radical (unpaired) electrons. The number of nitrogens with one attached hydrogen (secondary N) is 2. The van der Waals surface area contributed by atoms with Gasteiger partial charge >= 0.3 is 11.8 Å². The molecule has 4 aliphatic rings. The smallest absolute Gasteiger partial charge is 0.312 e. The topological polar surface area (TPSA) is 218 Å². The zero-order valence-corrected chi connectivity index (χ0v) is 40.4. The summed E-state index contributed by atoms with van der Waals surface area (Å²) in [5.74, 6) is -7.20. The van der Waals surface area contributed by atoms with Gasteiger partial charge in [-0.3, -0.25) is 24.4 Å². The first-order chi connectivity index (χ1) is 32.8. The molecule has 1 spiro atoms. The first kappa shape index (κ1) is 49.0. The van der Waals surface area contributed by atoms with E-state index in [2.05, 4.69) is 10.6 Å². The van der Waals surface area contributed by atoms with Gasteiger partial charge in [-0.2, -0.15) is 0 Å². The van der Waals surface area contributed by atoms with Crippen LogP contribution in [0.25, 0.3) is 10.8 Å². The lowest BCUT2D eigenvalue weighted by molar-refractivity contribution is -0.160. The monoisotopic (exact) mass is 942 g/mol. The highest BCUT2D eigenvalue weighted by atomic mass is 16.7. The van der Waals surface area contributed by atoms with Gasteiger partial charge in [-0.1, -0.05) is 107 Å². The van der Waals surface area contributed by atoms with Gasteiger partial charge in [0.15, 0.2) is 11.4 Å². The van der Waals surface area contributed by atoms with Crippen LogP contribution in [-0.2, 0) is 23.8 Å². The number of hydrogen-bond acceptors (Lipinski definition) is 14. The third kappa shape index (κ3) is 9.04. The highest BCUT2D eigenvalue weighted by molar-refractivity contribution is 6.19. The van der Waals surface area contributed by atoms with Gasteiger partial charge in [-0.15, -0.1) is 0 Å². The minimum Gasteiger partial charge on any atom is -0.507 e. The van der Waals surface area contributed by atoms with Crippen LogP contribution in [0.4, 0.5) is 5.69 Å². The summed E-state index contributed by atoms with van der Waals surface area (Å²) in [7, 11) is 1.47. The molecule has 0 aliphatic carbocycles. The van der Waals surface area contributed by atoms with E-state index in [0.29, 0.717) is 12.8 Å². The Labute approximate surface area is 401 Å². The van der Waals surface area contributed by atoms with Gasteiger partial charge in [-0.25, -0.2) is 0 Å². The molecule has 0 aromatic heterocycles. The number of amides is 1. The summed E-state index contributed by atoms with van der Waals surface area (Å²) in [5.41, 5.74) is 1.07. The average Bonchev–Trinajstić information content (AvgIpc) is 3.83. The summed E-state index contributed by atoms with van der Waals surface area (Å²) < 4.78 is 24.2. The predicted molar refractivity (Wildman–Crippen MR) is 258 cm³/mol. The Balaban J connectivity index is 1.33. The van der Waals surface area contributed by atoms with Crippen LogP contribution in [0.2, 0.25) is 0 Å². The number of rotatable bonds is 4. The van der Waals surface area contributed by atoms with Crippen LogP contribution in [0, 0.1) is 30.6 Å². The number of ketones is 1.